The number of rotatable bonds is 2. The fourth-order valence-electron chi connectivity index (χ4n) is 1.44. The molecule has 1 aromatic rings. The van der Waals surface area contributed by atoms with Gasteiger partial charge in [0.1, 0.15) is 0 Å². The molecule has 0 unspecified atom stereocenters. The molecule has 3 nitrogen and oxygen atoms in total. The van der Waals surface area contributed by atoms with E-state index in [1.807, 2.05) is 25.1 Å². The molecule has 1 heterocycles. The number of benzene rings is 1. The van der Waals surface area contributed by atoms with Crippen LogP contribution in [0, 0.1) is 0 Å². The van der Waals surface area contributed by atoms with Crippen LogP contribution in [0.15, 0.2) is 18.2 Å². The first-order valence-corrected chi connectivity index (χ1v) is 4.40. The van der Waals surface area contributed by atoms with Gasteiger partial charge >= 0.3 is 0 Å². The lowest BCUT2D eigenvalue weighted by molar-refractivity contribution is 0.174. The van der Waals surface area contributed by atoms with E-state index < -0.39 is 0 Å². The Kier molecular flexibility index (Phi) is 3.61. The number of hydrogen-bond donors (Lipinski definition) is 1. The molecular weight excluding hydrogens is 202 g/mol. The monoisotopic (exact) mass is 215 g/mol. The van der Waals surface area contributed by atoms with Gasteiger partial charge in [-0.1, -0.05) is 6.07 Å². The van der Waals surface area contributed by atoms with Crippen molar-refractivity contribution >= 4 is 12.4 Å². The van der Waals surface area contributed by atoms with Crippen LogP contribution < -0.4 is 15.2 Å². The van der Waals surface area contributed by atoms with Gasteiger partial charge < -0.3 is 15.2 Å². The third-order valence-corrected chi connectivity index (χ3v) is 1.99. The summed E-state index contributed by atoms with van der Waals surface area (Å²) in [5.74, 6) is 1.66. The maximum absolute atomic E-state index is 5.70. The SMILES string of the molecule is C[C@H](N)Cc1ccc2c(c1)OCO2.Cl. The maximum Gasteiger partial charge on any atom is 0.231 e. The molecule has 1 aromatic carbocycles. The molecule has 14 heavy (non-hydrogen) atoms. The second kappa shape index (κ2) is 4.53. The fraction of sp³-hybridized carbons (Fsp3) is 0.400. The Balaban J connectivity index is 0.000000980. The summed E-state index contributed by atoms with van der Waals surface area (Å²) in [6, 6.07) is 6.13. The maximum atomic E-state index is 5.70. The van der Waals surface area contributed by atoms with Gasteiger partial charge in [-0.25, -0.2) is 0 Å². The average Bonchev–Trinajstić information content (AvgIpc) is 2.49. The van der Waals surface area contributed by atoms with E-state index in [9.17, 15) is 0 Å². The van der Waals surface area contributed by atoms with E-state index in [4.69, 9.17) is 15.2 Å². The molecule has 1 aliphatic heterocycles. The van der Waals surface area contributed by atoms with Crippen molar-refractivity contribution in [2.75, 3.05) is 6.79 Å². The van der Waals surface area contributed by atoms with Gasteiger partial charge in [-0.2, -0.15) is 0 Å². The van der Waals surface area contributed by atoms with Crippen LogP contribution >= 0.6 is 12.4 Å². The number of fused-ring (bicyclic) bond motifs is 1. The van der Waals surface area contributed by atoms with Gasteiger partial charge in [0.15, 0.2) is 11.5 Å². The predicted molar refractivity (Wildman–Crippen MR) is 57.2 cm³/mol. The quantitative estimate of drug-likeness (QED) is 0.817. The third kappa shape index (κ3) is 2.30. The van der Waals surface area contributed by atoms with E-state index in [0.29, 0.717) is 6.79 Å². The Labute approximate surface area is 89.6 Å². The van der Waals surface area contributed by atoms with Gasteiger partial charge in [-0.3, -0.25) is 0 Å². The topological polar surface area (TPSA) is 44.5 Å². The molecule has 4 heteroatoms. The average molecular weight is 216 g/mol. The summed E-state index contributed by atoms with van der Waals surface area (Å²) in [4.78, 5) is 0. The molecule has 0 aliphatic carbocycles. The summed E-state index contributed by atoms with van der Waals surface area (Å²) < 4.78 is 10.5. The summed E-state index contributed by atoms with van der Waals surface area (Å²) in [7, 11) is 0. The normalized spacial score (nSPS) is 14.7. The minimum absolute atomic E-state index is 0. The molecule has 2 rings (SSSR count). The second-order valence-electron chi connectivity index (χ2n) is 3.37. The Morgan fingerprint density at radius 3 is 2.79 bits per heavy atom. The minimum Gasteiger partial charge on any atom is -0.454 e. The summed E-state index contributed by atoms with van der Waals surface area (Å²) in [6.45, 7) is 2.32. The zero-order valence-corrected chi connectivity index (χ0v) is 8.84. The molecule has 0 fully saturated rings. The molecule has 0 spiro atoms. The van der Waals surface area contributed by atoms with Gasteiger partial charge in [0.05, 0.1) is 0 Å². The van der Waals surface area contributed by atoms with Crippen LogP contribution in [0.25, 0.3) is 0 Å². The number of halogens is 1. The number of hydrogen-bond acceptors (Lipinski definition) is 3. The van der Waals surface area contributed by atoms with Crippen LogP contribution in [0.2, 0.25) is 0 Å². The fourth-order valence-corrected chi connectivity index (χ4v) is 1.44. The Morgan fingerprint density at radius 1 is 1.36 bits per heavy atom. The van der Waals surface area contributed by atoms with Gasteiger partial charge in [0, 0.05) is 6.04 Å². The van der Waals surface area contributed by atoms with Gasteiger partial charge in [-0.15, -0.1) is 12.4 Å². The zero-order chi connectivity index (χ0) is 9.26. The van der Waals surface area contributed by atoms with E-state index in [2.05, 4.69) is 0 Å². The number of ether oxygens (including phenoxy) is 2. The molecule has 0 saturated carbocycles. The second-order valence-corrected chi connectivity index (χ2v) is 3.37. The minimum atomic E-state index is 0. The lowest BCUT2D eigenvalue weighted by Crippen LogP contribution is -2.17. The third-order valence-electron chi connectivity index (χ3n) is 1.99. The molecule has 1 aliphatic rings. The van der Waals surface area contributed by atoms with Crippen molar-refractivity contribution in [1.82, 2.24) is 0 Å². The molecule has 0 saturated heterocycles. The van der Waals surface area contributed by atoms with E-state index in [-0.39, 0.29) is 18.4 Å². The first kappa shape index (κ1) is 11.1. The highest BCUT2D eigenvalue weighted by Crippen LogP contribution is 2.32. The van der Waals surface area contributed by atoms with Crippen LogP contribution in [0.1, 0.15) is 12.5 Å². The molecule has 0 bridgehead atoms. The first-order chi connectivity index (χ1) is 6.25. The Bertz CT molecular complexity index is 315. The standard InChI is InChI=1S/C10H13NO2.ClH/c1-7(11)4-8-2-3-9-10(5-8)13-6-12-9;/h2-3,5,7H,4,6,11H2,1H3;1H/t7-;/m0./s1. The molecule has 1 atom stereocenters. The van der Waals surface area contributed by atoms with E-state index >= 15 is 0 Å². The smallest absolute Gasteiger partial charge is 0.231 e. The summed E-state index contributed by atoms with van der Waals surface area (Å²) >= 11 is 0. The van der Waals surface area contributed by atoms with Crippen molar-refractivity contribution in [2.45, 2.75) is 19.4 Å². The summed E-state index contributed by atoms with van der Waals surface area (Å²) in [6.07, 6.45) is 0.872. The van der Waals surface area contributed by atoms with Crippen LogP contribution in [0.5, 0.6) is 11.5 Å². The van der Waals surface area contributed by atoms with Crippen molar-refractivity contribution in [3.05, 3.63) is 23.8 Å². The number of nitrogens with two attached hydrogens (primary N) is 1. The van der Waals surface area contributed by atoms with Crippen molar-refractivity contribution < 1.29 is 9.47 Å². The Hall–Kier alpha value is -0.930. The van der Waals surface area contributed by atoms with Gasteiger partial charge in [0.2, 0.25) is 6.79 Å². The van der Waals surface area contributed by atoms with Crippen molar-refractivity contribution in [2.24, 2.45) is 5.73 Å². The highest BCUT2D eigenvalue weighted by molar-refractivity contribution is 5.85. The Morgan fingerprint density at radius 2 is 2.07 bits per heavy atom. The van der Waals surface area contributed by atoms with Gasteiger partial charge in [0.25, 0.3) is 0 Å². The zero-order valence-electron chi connectivity index (χ0n) is 8.03. The van der Waals surface area contributed by atoms with Crippen molar-refractivity contribution in [1.29, 1.82) is 0 Å². The highest BCUT2D eigenvalue weighted by Gasteiger charge is 2.13. The highest BCUT2D eigenvalue weighted by atomic mass is 35.5. The molecule has 78 valence electrons. The molecule has 0 aromatic heterocycles. The predicted octanol–water partition coefficient (Wildman–Crippen LogP) is 1.73. The van der Waals surface area contributed by atoms with Crippen LogP contribution in [0.4, 0.5) is 0 Å². The first-order valence-electron chi connectivity index (χ1n) is 4.40. The van der Waals surface area contributed by atoms with Crippen LogP contribution in [0.3, 0.4) is 0 Å². The van der Waals surface area contributed by atoms with Crippen molar-refractivity contribution in [3.8, 4) is 11.5 Å². The molecule has 0 amide bonds. The van der Waals surface area contributed by atoms with Crippen LogP contribution in [-0.4, -0.2) is 12.8 Å². The lowest BCUT2D eigenvalue weighted by Gasteiger charge is -2.05. The molecule has 2 N–H and O–H groups in total. The lowest BCUT2D eigenvalue weighted by atomic mass is 10.1. The van der Waals surface area contributed by atoms with Crippen molar-refractivity contribution in [3.63, 3.8) is 0 Å². The summed E-state index contributed by atoms with van der Waals surface area (Å²) in [5, 5.41) is 0. The molecule has 0 radical (unpaired) electrons. The summed E-state index contributed by atoms with van der Waals surface area (Å²) in [5.41, 5.74) is 6.89. The van der Waals surface area contributed by atoms with E-state index in [1.165, 1.54) is 5.56 Å². The van der Waals surface area contributed by atoms with E-state index in [0.717, 1.165) is 17.9 Å². The molecular formula is C10H14ClNO2. The largest absolute Gasteiger partial charge is 0.454 e. The van der Waals surface area contributed by atoms with Crippen LogP contribution in [-0.2, 0) is 6.42 Å². The van der Waals surface area contributed by atoms with E-state index in [1.54, 1.807) is 0 Å². The van der Waals surface area contributed by atoms with Gasteiger partial charge in [-0.05, 0) is 31.0 Å².